The first kappa shape index (κ1) is 18.0. The molecule has 6 heteroatoms. The molecule has 136 valence electrons. The molecule has 0 saturated heterocycles. The van der Waals surface area contributed by atoms with Gasteiger partial charge in [0.2, 0.25) is 0 Å². The monoisotopic (exact) mass is 353 g/mol. The molecule has 0 spiro atoms. The highest BCUT2D eigenvalue weighted by atomic mass is 16.5. The first-order chi connectivity index (χ1) is 12.4. The van der Waals surface area contributed by atoms with Crippen LogP contribution in [0.5, 0.6) is 0 Å². The molecule has 6 nitrogen and oxygen atoms in total. The van der Waals surface area contributed by atoms with E-state index in [0.717, 1.165) is 36.9 Å². The van der Waals surface area contributed by atoms with E-state index in [0.29, 0.717) is 11.6 Å². The van der Waals surface area contributed by atoms with Crippen molar-refractivity contribution in [3.05, 3.63) is 47.4 Å². The van der Waals surface area contributed by atoms with Crippen LogP contribution in [-0.4, -0.2) is 27.9 Å². The second kappa shape index (κ2) is 7.64. The summed E-state index contributed by atoms with van der Waals surface area (Å²) >= 11 is 0. The van der Waals surface area contributed by atoms with E-state index in [1.807, 2.05) is 19.1 Å². The number of carbonyl (C=O) groups excluding carboxylic acids is 2. The maximum absolute atomic E-state index is 11.3. The number of carbonyl (C=O) groups is 2. The van der Waals surface area contributed by atoms with Crippen LogP contribution in [0, 0.1) is 6.92 Å². The van der Waals surface area contributed by atoms with Crippen LogP contribution in [0.15, 0.2) is 30.5 Å². The summed E-state index contributed by atoms with van der Waals surface area (Å²) < 4.78 is 5.30. The molecule has 0 unspecified atom stereocenters. The van der Waals surface area contributed by atoms with Gasteiger partial charge in [-0.2, -0.15) is 0 Å². The molecule has 0 aliphatic heterocycles. The number of amides is 1. The van der Waals surface area contributed by atoms with Crippen LogP contribution >= 0.6 is 0 Å². The van der Waals surface area contributed by atoms with Gasteiger partial charge < -0.3 is 10.5 Å². The molecule has 1 aliphatic rings. The van der Waals surface area contributed by atoms with Gasteiger partial charge in [-0.05, 0) is 44.1 Å². The van der Waals surface area contributed by atoms with Crippen LogP contribution < -0.4 is 5.73 Å². The number of nitrogens with zero attached hydrogens (tertiary/aromatic N) is 2. The third-order valence-electron chi connectivity index (χ3n) is 4.87. The number of rotatable bonds is 4. The van der Waals surface area contributed by atoms with Gasteiger partial charge in [0.1, 0.15) is 11.8 Å². The smallest absolute Gasteiger partial charge is 0.302 e. The van der Waals surface area contributed by atoms with Crippen LogP contribution in [0.2, 0.25) is 0 Å². The Balaban J connectivity index is 1.73. The van der Waals surface area contributed by atoms with E-state index in [-0.39, 0.29) is 17.8 Å². The van der Waals surface area contributed by atoms with Crippen molar-refractivity contribution < 1.29 is 14.3 Å². The summed E-state index contributed by atoms with van der Waals surface area (Å²) in [7, 11) is 0. The zero-order valence-electron chi connectivity index (χ0n) is 15.1. The van der Waals surface area contributed by atoms with Crippen molar-refractivity contribution in [1.29, 1.82) is 0 Å². The average Bonchev–Trinajstić information content (AvgIpc) is 2.62. The summed E-state index contributed by atoms with van der Waals surface area (Å²) in [6, 6.07) is 8.22. The molecule has 1 aliphatic carbocycles. The Labute approximate surface area is 152 Å². The summed E-state index contributed by atoms with van der Waals surface area (Å²) in [6.07, 6.45) is 5.27. The number of nitrogens with two attached hydrogens (primary N) is 1. The summed E-state index contributed by atoms with van der Waals surface area (Å²) in [5.41, 5.74) is 9.08. The number of ether oxygens (including phenoxy) is 1. The van der Waals surface area contributed by atoms with E-state index in [1.165, 1.54) is 18.7 Å². The van der Waals surface area contributed by atoms with Gasteiger partial charge in [0, 0.05) is 12.5 Å². The third kappa shape index (κ3) is 4.07. The molecule has 1 heterocycles. The van der Waals surface area contributed by atoms with E-state index in [1.54, 1.807) is 0 Å². The molecule has 3 rings (SSSR count). The zero-order chi connectivity index (χ0) is 18.7. The fourth-order valence-electron chi connectivity index (χ4n) is 3.50. The van der Waals surface area contributed by atoms with Gasteiger partial charge in [0.05, 0.1) is 17.6 Å². The third-order valence-corrected chi connectivity index (χ3v) is 4.87. The predicted molar refractivity (Wildman–Crippen MR) is 97.5 cm³/mol. The van der Waals surface area contributed by atoms with E-state index in [4.69, 9.17) is 10.5 Å². The topological polar surface area (TPSA) is 95.2 Å². The minimum absolute atomic E-state index is 0.0532. The highest BCUT2D eigenvalue weighted by Crippen LogP contribution is 2.35. The molecular formula is C20H23N3O3. The van der Waals surface area contributed by atoms with Crippen molar-refractivity contribution in [3.8, 4) is 11.3 Å². The maximum Gasteiger partial charge on any atom is 0.302 e. The van der Waals surface area contributed by atoms with Gasteiger partial charge in [-0.1, -0.05) is 24.3 Å². The summed E-state index contributed by atoms with van der Waals surface area (Å²) in [5, 5.41) is 0. The number of primary amides is 1. The summed E-state index contributed by atoms with van der Waals surface area (Å²) in [5.74, 6) is -0.313. The molecule has 1 fully saturated rings. The molecule has 26 heavy (non-hydrogen) atoms. The van der Waals surface area contributed by atoms with Gasteiger partial charge in [0.25, 0.3) is 5.91 Å². The number of benzene rings is 1. The Morgan fingerprint density at radius 2 is 1.77 bits per heavy atom. The van der Waals surface area contributed by atoms with Gasteiger partial charge in [0.15, 0.2) is 0 Å². The first-order valence-corrected chi connectivity index (χ1v) is 8.85. The molecule has 1 amide bonds. The van der Waals surface area contributed by atoms with Gasteiger partial charge in [-0.3, -0.25) is 14.6 Å². The van der Waals surface area contributed by atoms with Crippen LogP contribution in [0.3, 0.4) is 0 Å². The number of aryl methyl sites for hydroxylation is 1. The van der Waals surface area contributed by atoms with Gasteiger partial charge in [-0.15, -0.1) is 0 Å². The van der Waals surface area contributed by atoms with Crippen molar-refractivity contribution in [2.45, 2.75) is 51.6 Å². The van der Waals surface area contributed by atoms with Crippen molar-refractivity contribution >= 4 is 11.9 Å². The van der Waals surface area contributed by atoms with E-state index >= 15 is 0 Å². The van der Waals surface area contributed by atoms with Crippen LogP contribution in [-0.2, 0) is 9.53 Å². The predicted octanol–water partition coefficient (Wildman–Crippen LogP) is 3.14. The Bertz CT molecular complexity index is 810. The molecule has 0 bridgehead atoms. The molecule has 1 saturated carbocycles. The largest absolute Gasteiger partial charge is 0.463 e. The second-order valence-corrected chi connectivity index (χ2v) is 6.76. The lowest BCUT2D eigenvalue weighted by Gasteiger charge is -2.28. The normalized spacial score (nSPS) is 19.8. The summed E-state index contributed by atoms with van der Waals surface area (Å²) in [4.78, 5) is 31.0. The maximum atomic E-state index is 11.3. The first-order valence-electron chi connectivity index (χ1n) is 8.85. The lowest BCUT2D eigenvalue weighted by Crippen LogP contribution is -2.22. The van der Waals surface area contributed by atoms with Gasteiger partial charge >= 0.3 is 5.97 Å². The average molecular weight is 353 g/mol. The highest BCUT2D eigenvalue weighted by molar-refractivity contribution is 5.91. The van der Waals surface area contributed by atoms with E-state index in [9.17, 15) is 9.59 Å². The van der Waals surface area contributed by atoms with Crippen molar-refractivity contribution in [1.82, 2.24) is 9.97 Å². The Morgan fingerprint density at radius 3 is 2.35 bits per heavy atom. The second-order valence-electron chi connectivity index (χ2n) is 6.76. The summed E-state index contributed by atoms with van der Waals surface area (Å²) in [6.45, 7) is 3.32. The molecule has 0 atom stereocenters. The van der Waals surface area contributed by atoms with E-state index < -0.39 is 5.91 Å². The quantitative estimate of drug-likeness (QED) is 0.852. The minimum atomic E-state index is -0.583. The van der Waals surface area contributed by atoms with Gasteiger partial charge in [-0.25, -0.2) is 4.98 Å². The lowest BCUT2D eigenvalue weighted by atomic mass is 9.82. The fraction of sp³-hybridized carbons (Fsp3) is 0.400. The minimum Gasteiger partial charge on any atom is -0.463 e. The van der Waals surface area contributed by atoms with Crippen molar-refractivity contribution in [2.24, 2.45) is 5.73 Å². The zero-order valence-corrected chi connectivity index (χ0v) is 15.1. The highest BCUT2D eigenvalue weighted by Gasteiger charge is 2.24. The standard InChI is InChI=1S/C20H23N3O3/c1-12-19(23-18(11-22-12)20(21)25)16-5-3-14(4-6-16)15-7-9-17(10-8-15)26-13(2)24/h3-6,11,15,17H,7-10H2,1-2H3,(H2,21,25). The molecule has 0 radical (unpaired) electrons. The number of esters is 1. The Kier molecular flexibility index (Phi) is 5.30. The molecule has 2 aromatic rings. The van der Waals surface area contributed by atoms with Crippen LogP contribution in [0.25, 0.3) is 11.3 Å². The Morgan fingerprint density at radius 1 is 1.12 bits per heavy atom. The van der Waals surface area contributed by atoms with Crippen LogP contribution in [0.1, 0.15) is 60.3 Å². The SMILES string of the molecule is CC(=O)OC1CCC(c2ccc(-c3nc(C(N)=O)cnc3C)cc2)CC1. The molecule has 1 aromatic carbocycles. The number of hydrogen-bond acceptors (Lipinski definition) is 5. The Hall–Kier alpha value is -2.76. The van der Waals surface area contributed by atoms with Crippen LogP contribution in [0.4, 0.5) is 0 Å². The molecular weight excluding hydrogens is 330 g/mol. The lowest BCUT2D eigenvalue weighted by molar-refractivity contribution is -0.147. The van der Waals surface area contributed by atoms with Crippen molar-refractivity contribution in [2.75, 3.05) is 0 Å². The molecule has 1 aromatic heterocycles. The molecule has 2 N–H and O–H groups in total. The van der Waals surface area contributed by atoms with E-state index in [2.05, 4.69) is 22.1 Å². The van der Waals surface area contributed by atoms with Crippen molar-refractivity contribution in [3.63, 3.8) is 0 Å². The fourth-order valence-corrected chi connectivity index (χ4v) is 3.50. The number of hydrogen-bond donors (Lipinski definition) is 1. The number of aromatic nitrogens is 2.